The third-order valence-corrected chi connectivity index (χ3v) is 3.45. The van der Waals surface area contributed by atoms with Gasteiger partial charge in [0, 0.05) is 5.69 Å². The summed E-state index contributed by atoms with van der Waals surface area (Å²) in [6, 6.07) is 10.5. The topological polar surface area (TPSA) is 38.0 Å². The van der Waals surface area contributed by atoms with Crippen molar-refractivity contribution in [2.24, 2.45) is 0 Å². The molecule has 0 saturated carbocycles. The van der Waals surface area contributed by atoms with Crippen LogP contribution in [0.25, 0.3) is 0 Å². The first-order valence-corrected chi connectivity index (χ1v) is 6.18. The van der Waals surface area contributed by atoms with Crippen LogP contribution in [0, 0.1) is 27.7 Å². The summed E-state index contributed by atoms with van der Waals surface area (Å²) in [5.41, 5.74) is 13.9. The summed E-state index contributed by atoms with van der Waals surface area (Å²) < 4.78 is 0. The molecule has 0 radical (unpaired) electrons. The lowest BCUT2D eigenvalue weighted by atomic mass is 10.1. The highest BCUT2D eigenvalue weighted by Crippen LogP contribution is 2.27. The fourth-order valence-electron chi connectivity index (χ4n) is 1.92. The van der Waals surface area contributed by atoms with E-state index in [-0.39, 0.29) is 0 Å². The van der Waals surface area contributed by atoms with E-state index < -0.39 is 0 Å². The second-order valence-electron chi connectivity index (χ2n) is 4.95. The van der Waals surface area contributed by atoms with Crippen LogP contribution in [0.15, 0.2) is 30.3 Å². The zero-order valence-electron chi connectivity index (χ0n) is 11.5. The highest BCUT2D eigenvalue weighted by atomic mass is 14.9. The fourth-order valence-corrected chi connectivity index (χ4v) is 1.92. The standard InChI is InChI=1S/C16H20N2/c1-10-5-6-14(7-11(10)2)18-16-9-13(4)12(3)8-15(16)17/h5-9,18H,17H2,1-4H3. The monoisotopic (exact) mass is 240 g/mol. The lowest BCUT2D eigenvalue weighted by molar-refractivity contribution is 1.32. The Balaban J connectivity index is 2.34. The Morgan fingerprint density at radius 2 is 1.39 bits per heavy atom. The summed E-state index contributed by atoms with van der Waals surface area (Å²) >= 11 is 0. The maximum Gasteiger partial charge on any atom is 0.0620 e. The summed E-state index contributed by atoms with van der Waals surface area (Å²) in [4.78, 5) is 0. The minimum atomic E-state index is 0.788. The summed E-state index contributed by atoms with van der Waals surface area (Å²) in [7, 11) is 0. The lowest BCUT2D eigenvalue weighted by Gasteiger charge is -2.13. The van der Waals surface area contributed by atoms with E-state index >= 15 is 0 Å². The maximum atomic E-state index is 6.04. The first kappa shape index (κ1) is 12.5. The van der Waals surface area contributed by atoms with Crippen LogP contribution in [0.4, 0.5) is 17.1 Å². The minimum Gasteiger partial charge on any atom is -0.397 e. The zero-order chi connectivity index (χ0) is 13.3. The van der Waals surface area contributed by atoms with Crippen molar-refractivity contribution >= 4 is 17.1 Å². The molecule has 2 aromatic carbocycles. The van der Waals surface area contributed by atoms with Gasteiger partial charge >= 0.3 is 0 Å². The van der Waals surface area contributed by atoms with Crippen molar-refractivity contribution in [1.82, 2.24) is 0 Å². The number of hydrogen-bond donors (Lipinski definition) is 2. The van der Waals surface area contributed by atoms with Crippen molar-refractivity contribution < 1.29 is 0 Å². The molecular formula is C16H20N2. The van der Waals surface area contributed by atoms with E-state index in [9.17, 15) is 0 Å². The Bertz CT molecular complexity index is 586. The fraction of sp³-hybridized carbons (Fsp3) is 0.250. The van der Waals surface area contributed by atoms with Crippen molar-refractivity contribution in [2.45, 2.75) is 27.7 Å². The first-order valence-electron chi connectivity index (χ1n) is 6.18. The van der Waals surface area contributed by atoms with Crippen LogP contribution in [0.1, 0.15) is 22.3 Å². The maximum absolute atomic E-state index is 6.04. The minimum absolute atomic E-state index is 0.788. The molecule has 0 aliphatic heterocycles. The van der Waals surface area contributed by atoms with Crippen LogP contribution >= 0.6 is 0 Å². The van der Waals surface area contributed by atoms with Gasteiger partial charge in [-0.25, -0.2) is 0 Å². The number of nitrogens with one attached hydrogen (secondary N) is 1. The van der Waals surface area contributed by atoms with Crippen LogP contribution in [-0.2, 0) is 0 Å². The van der Waals surface area contributed by atoms with Crippen LogP contribution in [0.5, 0.6) is 0 Å². The molecule has 2 heteroatoms. The number of nitrogen functional groups attached to an aromatic ring is 1. The molecule has 0 amide bonds. The van der Waals surface area contributed by atoms with Gasteiger partial charge in [0.2, 0.25) is 0 Å². The van der Waals surface area contributed by atoms with Gasteiger partial charge in [-0.3, -0.25) is 0 Å². The number of nitrogens with two attached hydrogens (primary N) is 1. The average Bonchev–Trinajstić information content (AvgIpc) is 2.31. The van der Waals surface area contributed by atoms with Gasteiger partial charge in [-0.15, -0.1) is 0 Å². The van der Waals surface area contributed by atoms with E-state index in [1.807, 2.05) is 6.07 Å². The second kappa shape index (κ2) is 4.73. The lowest BCUT2D eigenvalue weighted by Crippen LogP contribution is -1.98. The molecule has 94 valence electrons. The predicted octanol–water partition coefficient (Wildman–Crippen LogP) is 4.25. The van der Waals surface area contributed by atoms with Gasteiger partial charge in [0.25, 0.3) is 0 Å². The molecule has 18 heavy (non-hydrogen) atoms. The summed E-state index contributed by atoms with van der Waals surface area (Å²) in [5.74, 6) is 0. The smallest absolute Gasteiger partial charge is 0.0620 e. The number of benzene rings is 2. The molecule has 3 N–H and O–H groups in total. The molecule has 0 fully saturated rings. The van der Waals surface area contributed by atoms with E-state index in [1.165, 1.54) is 22.3 Å². The van der Waals surface area contributed by atoms with Crippen LogP contribution in [0.3, 0.4) is 0 Å². The van der Waals surface area contributed by atoms with Crippen molar-refractivity contribution in [1.29, 1.82) is 0 Å². The van der Waals surface area contributed by atoms with Crippen molar-refractivity contribution in [3.63, 3.8) is 0 Å². The molecule has 0 aliphatic carbocycles. The van der Waals surface area contributed by atoms with E-state index in [0.29, 0.717) is 0 Å². The molecule has 2 aromatic rings. The quantitative estimate of drug-likeness (QED) is 0.770. The molecule has 0 atom stereocenters. The Morgan fingerprint density at radius 3 is 2.06 bits per heavy atom. The van der Waals surface area contributed by atoms with Gasteiger partial charge in [0.05, 0.1) is 11.4 Å². The van der Waals surface area contributed by atoms with Gasteiger partial charge in [0.1, 0.15) is 0 Å². The van der Waals surface area contributed by atoms with Gasteiger partial charge < -0.3 is 11.1 Å². The van der Waals surface area contributed by atoms with E-state index in [4.69, 9.17) is 5.73 Å². The molecule has 2 nitrogen and oxygen atoms in total. The number of rotatable bonds is 2. The van der Waals surface area contributed by atoms with E-state index in [0.717, 1.165) is 17.1 Å². The molecule has 0 heterocycles. The van der Waals surface area contributed by atoms with Crippen molar-refractivity contribution in [2.75, 3.05) is 11.1 Å². The van der Waals surface area contributed by atoms with Gasteiger partial charge in [-0.2, -0.15) is 0 Å². The third kappa shape index (κ3) is 2.48. The van der Waals surface area contributed by atoms with Crippen molar-refractivity contribution in [3.05, 3.63) is 52.6 Å². The number of aryl methyl sites for hydroxylation is 4. The van der Waals surface area contributed by atoms with Gasteiger partial charge in [-0.1, -0.05) is 6.07 Å². The molecule has 2 rings (SSSR count). The molecule has 0 spiro atoms. The summed E-state index contributed by atoms with van der Waals surface area (Å²) in [6.07, 6.45) is 0. The third-order valence-electron chi connectivity index (χ3n) is 3.45. The number of hydrogen-bond acceptors (Lipinski definition) is 2. The van der Waals surface area contributed by atoms with Crippen LogP contribution in [0.2, 0.25) is 0 Å². The van der Waals surface area contributed by atoms with E-state index in [1.54, 1.807) is 0 Å². The van der Waals surface area contributed by atoms with E-state index in [2.05, 4.69) is 57.3 Å². The first-order chi connectivity index (χ1) is 8.47. The van der Waals surface area contributed by atoms with Gasteiger partial charge in [0.15, 0.2) is 0 Å². The highest BCUT2D eigenvalue weighted by Gasteiger charge is 2.03. The van der Waals surface area contributed by atoms with Crippen LogP contribution < -0.4 is 11.1 Å². The second-order valence-corrected chi connectivity index (χ2v) is 4.95. The Kier molecular flexibility index (Phi) is 3.28. The Morgan fingerprint density at radius 1 is 0.778 bits per heavy atom. The predicted molar refractivity (Wildman–Crippen MR) is 79.5 cm³/mol. The average molecular weight is 240 g/mol. The normalized spacial score (nSPS) is 10.4. The molecule has 0 bridgehead atoms. The zero-order valence-corrected chi connectivity index (χ0v) is 11.5. The van der Waals surface area contributed by atoms with Crippen LogP contribution in [-0.4, -0.2) is 0 Å². The molecule has 0 saturated heterocycles. The molecular weight excluding hydrogens is 220 g/mol. The SMILES string of the molecule is Cc1ccc(Nc2cc(C)c(C)cc2N)cc1C. The van der Waals surface area contributed by atoms with Gasteiger partial charge in [-0.05, 0) is 74.2 Å². The Hall–Kier alpha value is -1.96. The summed E-state index contributed by atoms with van der Waals surface area (Å²) in [6.45, 7) is 8.40. The molecule has 0 aromatic heterocycles. The Labute approximate surface area is 109 Å². The summed E-state index contributed by atoms with van der Waals surface area (Å²) in [5, 5.41) is 3.38. The van der Waals surface area contributed by atoms with Crippen molar-refractivity contribution in [3.8, 4) is 0 Å². The largest absolute Gasteiger partial charge is 0.397 e. The molecule has 0 unspecified atom stereocenters. The highest BCUT2D eigenvalue weighted by molar-refractivity contribution is 5.74. The molecule has 0 aliphatic rings. The number of anilines is 3.